The minimum Gasteiger partial charge on any atom is -0.491 e. The summed E-state index contributed by atoms with van der Waals surface area (Å²) in [6, 6.07) is 0. The molecule has 1 aliphatic heterocycles. The van der Waals surface area contributed by atoms with Crippen LogP contribution in [0.5, 0.6) is 5.88 Å². The van der Waals surface area contributed by atoms with Gasteiger partial charge in [0.05, 0.1) is 6.33 Å². The average molecular weight is 268 g/mol. The van der Waals surface area contributed by atoms with Crippen molar-refractivity contribution in [3.8, 4) is 5.88 Å². The summed E-state index contributed by atoms with van der Waals surface area (Å²) in [6.07, 6.45) is -3.36. The van der Waals surface area contributed by atoms with Crippen LogP contribution in [0.3, 0.4) is 0 Å². The van der Waals surface area contributed by atoms with Gasteiger partial charge in [-0.3, -0.25) is 4.57 Å². The van der Waals surface area contributed by atoms with Gasteiger partial charge in [-0.25, -0.2) is 10.1 Å². The van der Waals surface area contributed by atoms with Crippen molar-refractivity contribution < 1.29 is 25.2 Å². The highest BCUT2D eigenvalue weighted by Gasteiger charge is 2.44. The highest BCUT2D eigenvalue weighted by Crippen LogP contribution is 2.31. The van der Waals surface area contributed by atoms with Gasteiger partial charge in [-0.2, -0.15) is 0 Å². The maximum atomic E-state index is 10.8. The van der Waals surface area contributed by atoms with Gasteiger partial charge in [-0.15, -0.1) is 5.10 Å². The van der Waals surface area contributed by atoms with E-state index in [0.717, 1.165) is 0 Å². The van der Waals surface area contributed by atoms with Crippen LogP contribution in [0.15, 0.2) is 6.33 Å². The highest BCUT2D eigenvalue weighted by molar-refractivity contribution is 5.74. The second-order valence-corrected chi connectivity index (χ2v) is 4.15. The van der Waals surface area contributed by atoms with Gasteiger partial charge in [0, 0.05) is 0 Å². The minimum absolute atomic E-state index is 0.0888. The molecule has 3 N–H and O–H groups in total. The Morgan fingerprint density at radius 2 is 2.11 bits per heavy atom. The second kappa shape index (κ2) is 4.35. The van der Waals surface area contributed by atoms with Crippen molar-refractivity contribution in [2.75, 3.05) is 6.61 Å². The fourth-order valence-electron chi connectivity index (χ4n) is 2.05. The Hall–Kier alpha value is -1.88. The molecule has 0 spiro atoms. The lowest BCUT2D eigenvalue weighted by Crippen LogP contribution is -2.32. The average Bonchev–Trinajstić information content (AvgIpc) is 2.94. The number of ether oxygens (including phenoxy) is 1. The van der Waals surface area contributed by atoms with Gasteiger partial charge in [0.15, 0.2) is 17.4 Å². The monoisotopic (exact) mass is 268 g/mol. The third kappa shape index (κ3) is 1.73. The molecular weight excluding hydrogens is 258 g/mol. The summed E-state index contributed by atoms with van der Waals surface area (Å²) in [5.41, 5.74) is 0.223. The van der Waals surface area contributed by atoms with Crippen molar-refractivity contribution in [3.05, 3.63) is 6.33 Å². The topological polar surface area (TPSA) is 146 Å². The molecule has 0 unspecified atom stereocenters. The first kappa shape index (κ1) is 12.2. The van der Waals surface area contributed by atoms with Crippen molar-refractivity contribution in [2.45, 2.75) is 24.5 Å². The fourth-order valence-corrected chi connectivity index (χ4v) is 2.05. The van der Waals surface area contributed by atoms with Crippen LogP contribution in [0.4, 0.5) is 0 Å². The summed E-state index contributed by atoms with van der Waals surface area (Å²) in [4.78, 5) is 3.87. The van der Waals surface area contributed by atoms with E-state index in [1.165, 1.54) is 10.9 Å². The molecule has 3 heterocycles. The number of nitrogens with zero attached hydrogens (tertiary/aromatic N) is 5. The number of fused-ring (bicyclic) bond motifs is 1. The Kier molecular flexibility index (Phi) is 2.78. The lowest BCUT2D eigenvalue weighted by Gasteiger charge is -2.15. The Morgan fingerprint density at radius 3 is 2.79 bits per heavy atom. The van der Waals surface area contributed by atoms with Crippen molar-refractivity contribution in [1.29, 1.82) is 0 Å². The van der Waals surface area contributed by atoms with E-state index in [1.807, 2.05) is 0 Å². The molecule has 1 saturated heterocycles. The van der Waals surface area contributed by atoms with Gasteiger partial charge in [-0.05, 0) is 5.21 Å². The van der Waals surface area contributed by atoms with Gasteiger partial charge in [0.1, 0.15) is 24.9 Å². The van der Waals surface area contributed by atoms with Crippen LogP contribution in [-0.4, -0.2) is 65.2 Å². The Balaban J connectivity index is 2.04. The number of imidazole rings is 1. The van der Waals surface area contributed by atoms with E-state index < -0.39 is 37.0 Å². The van der Waals surface area contributed by atoms with E-state index in [0.29, 0.717) is 0 Å². The third-order valence-electron chi connectivity index (χ3n) is 3.03. The molecule has 1 aliphatic rings. The van der Waals surface area contributed by atoms with Crippen molar-refractivity contribution >= 4 is 11.2 Å². The van der Waals surface area contributed by atoms with Gasteiger partial charge in [-0.1, -0.05) is 5.10 Å². The second-order valence-electron chi connectivity index (χ2n) is 4.15. The van der Waals surface area contributed by atoms with Crippen molar-refractivity contribution in [1.82, 2.24) is 25.0 Å². The summed E-state index contributed by atoms with van der Waals surface area (Å²) in [7, 11) is 0. The predicted octanol–water partition coefficient (Wildman–Crippen LogP) is -2.02. The maximum absolute atomic E-state index is 10.8. The molecule has 0 bridgehead atoms. The summed E-state index contributed by atoms with van der Waals surface area (Å²) in [5, 5.41) is 50.1. The molecule has 101 valence electrons. The summed E-state index contributed by atoms with van der Waals surface area (Å²) in [6.45, 7) is -0.681. The molecule has 0 amide bonds. The smallest absolute Gasteiger partial charge is 0.262 e. The summed E-state index contributed by atoms with van der Waals surface area (Å²) < 4.78 is 6.55. The van der Waals surface area contributed by atoms with E-state index in [2.05, 4.69) is 20.4 Å². The predicted molar refractivity (Wildman–Crippen MR) is 56.3 cm³/mol. The zero-order valence-electron chi connectivity index (χ0n) is 9.49. The normalized spacial score (nSPS) is 31.1. The lowest BCUT2D eigenvalue weighted by molar-refractivity contribution is -0.0624. The van der Waals surface area contributed by atoms with E-state index in [9.17, 15) is 20.4 Å². The molecule has 0 saturated carbocycles. The number of rotatable bonds is 2. The summed E-state index contributed by atoms with van der Waals surface area (Å²) >= 11 is 0. The van der Waals surface area contributed by atoms with Crippen LogP contribution >= 0.6 is 0 Å². The molecule has 1 radical (unpaired) electrons. The number of aromatic nitrogens is 5. The molecule has 19 heavy (non-hydrogen) atoms. The maximum Gasteiger partial charge on any atom is 0.262 e. The molecule has 4 atom stereocenters. The molecule has 0 aromatic carbocycles. The van der Waals surface area contributed by atoms with Crippen LogP contribution in [0.1, 0.15) is 6.23 Å². The minimum atomic E-state index is -1.30. The van der Waals surface area contributed by atoms with Crippen LogP contribution in [0.2, 0.25) is 0 Å². The van der Waals surface area contributed by atoms with Gasteiger partial charge in [0.25, 0.3) is 5.88 Å². The summed E-state index contributed by atoms with van der Waals surface area (Å²) in [5.74, 6) is -0.405. The molecule has 10 heteroatoms. The van der Waals surface area contributed by atoms with Crippen LogP contribution in [-0.2, 0) is 9.84 Å². The highest BCUT2D eigenvalue weighted by atomic mass is 16.6. The van der Waals surface area contributed by atoms with Crippen LogP contribution < -0.4 is 0 Å². The third-order valence-corrected chi connectivity index (χ3v) is 3.03. The quantitative estimate of drug-likeness (QED) is 0.565. The lowest BCUT2D eigenvalue weighted by atomic mass is 10.1. The molecule has 3 rings (SSSR count). The Bertz CT molecular complexity index is 604. The standard InChI is InChI=1S/C9H10N5O5/c15-1-3-5(16)6(17)9(19-3)14-2-10-4-7(14)11-13-12-8(4)18/h2-3,5-6,9,16-17H,1H2,(H,11,12,18)/t3-,5-,6-,9-/m1/s1. The largest absolute Gasteiger partial charge is 0.491 e. The zero-order chi connectivity index (χ0) is 13.6. The molecule has 2 aromatic rings. The molecule has 0 aliphatic carbocycles. The number of hydrogen-bond acceptors (Lipinski definition) is 8. The molecule has 2 aromatic heterocycles. The number of aliphatic hydroxyl groups excluding tert-OH is 2. The van der Waals surface area contributed by atoms with Crippen molar-refractivity contribution in [2.24, 2.45) is 0 Å². The Morgan fingerprint density at radius 1 is 1.32 bits per heavy atom. The van der Waals surface area contributed by atoms with Crippen LogP contribution in [0.25, 0.3) is 11.2 Å². The Labute approximate surface area is 105 Å². The van der Waals surface area contributed by atoms with E-state index in [4.69, 9.17) is 4.74 Å². The molecule has 10 nitrogen and oxygen atoms in total. The SMILES string of the molecule is [O]C[C@H]1O[C@@H](n2cnc3c(O)nnnc32)[C@H](O)[C@@H]1O. The fraction of sp³-hybridized carbons (Fsp3) is 0.556. The molecule has 1 fully saturated rings. The zero-order valence-corrected chi connectivity index (χ0v) is 9.49. The van der Waals surface area contributed by atoms with Gasteiger partial charge >= 0.3 is 0 Å². The van der Waals surface area contributed by atoms with Crippen LogP contribution in [0, 0.1) is 0 Å². The first-order chi connectivity index (χ1) is 9.13. The van der Waals surface area contributed by atoms with E-state index >= 15 is 0 Å². The van der Waals surface area contributed by atoms with Gasteiger partial charge in [0.2, 0.25) is 0 Å². The molecular formula is C9H10N5O5. The van der Waals surface area contributed by atoms with Gasteiger partial charge < -0.3 is 20.1 Å². The van der Waals surface area contributed by atoms with E-state index in [-0.39, 0.29) is 11.2 Å². The number of aliphatic hydroxyl groups is 2. The number of aromatic hydroxyl groups is 1. The van der Waals surface area contributed by atoms with Crippen molar-refractivity contribution in [3.63, 3.8) is 0 Å². The first-order valence-corrected chi connectivity index (χ1v) is 5.48. The first-order valence-electron chi connectivity index (χ1n) is 5.48. The number of hydrogen-bond donors (Lipinski definition) is 3. The van der Waals surface area contributed by atoms with E-state index in [1.54, 1.807) is 0 Å².